The predicted octanol–water partition coefficient (Wildman–Crippen LogP) is 3.82. The molecule has 0 spiro atoms. The second kappa shape index (κ2) is 3.74. The number of rotatable bonds is 1. The van der Waals surface area contributed by atoms with Crippen molar-refractivity contribution in [3.63, 3.8) is 0 Å². The van der Waals surface area contributed by atoms with Gasteiger partial charge in [-0.15, -0.1) is 11.3 Å². The molecule has 84 valence electrons. The second-order valence-electron chi connectivity index (χ2n) is 4.60. The Balaban J connectivity index is 2.04. The molecule has 16 heavy (non-hydrogen) atoms. The van der Waals surface area contributed by atoms with Crippen LogP contribution in [-0.4, -0.2) is 9.55 Å². The summed E-state index contributed by atoms with van der Waals surface area (Å²) in [7, 11) is 0. The molecule has 3 heteroatoms. The van der Waals surface area contributed by atoms with Gasteiger partial charge in [-0.3, -0.25) is 0 Å². The quantitative estimate of drug-likeness (QED) is 0.731. The molecule has 1 aliphatic rings. The lowest BCUT2D eigenvalue weighted by Crippen LogP contribution is -2.14. The van der Waals surface area contributed by atoms with Crippen LogP contribution < -0.4 is 0 Å². The Bertz CT molecular complexity index is 510. The van der Waals surface area contributed by atoms with Crippen LogP contribution in [0, 0.1) is 6.92 Å². The van der Waals surface area contributed by atoms with E-state index in [9.17, 15) is 0 Å². The Kier molecular flexibility index (Phi) is 2.36. The highest BCUT2D eigenvalue weighted by Crippen LogP contribution is 2.31. The Morgan fingerprint density at radius 3 is 3.00 bits per heavy atom. The monoisotopic (exact) mass is 232 g/mol. The smallest absolute Gasteiger partial charge is 0.109 e. The molecule has 0 N–H and O–H groups in total. The van der Waals surface area contributed by atoms with E-state index in [-0.39, 0.29) is 0 Å². The summed E-state index contributed by atoms with van der Waals surface area (Å²) in [6, 6.07) is 4.96. The van der Waals surface area contributed by atoms with Gasteiger partial charge in [-0.05, 0) is 38.8 Å². The maximum atomic E-state index is 4.76. The van der Waals surface area contributed by atoms with Crippen molar-refractivity contribution in [1.29, 1.82) is 0 Å². The summed E-state index contributed by atoms with van der Waals surface area (Å²) in [5.74, 6) is 1.26. The molecule has 2 nitrogen and oxygen atoms in total. The van der Waals surface area contributed by atoms with E-state index in [2.05, 4.69) is 36.7 Å². The van der Waals surface area contributed by atoms with Gasteiger partial charge in [0.05, 0.1) is 10.6 Å². The van der Waals surface area contributed by atoms with Gasteiger partial charge in [-0.1, -0.05) is 0 Å². The van der Waals surface area contributed by atoms with Gasteiger partial charge in [-0.2, -0.15) is 0 Å². The summed E-state index contributed by atoms with van der Waals surface area (Å²) in [5.41, 5.74) is 1.15. The van der Waals surface area contributed by atoms with Gasteiger partial charge in [0.15, 0.2) is 0 Å². The minimum absolute atomic E-state index is 0.617. The van der Waals surface area contributed by atoms with Crippen molar-refractivity contribution in [2.45, 2.75) is 39.2 Å². The molecule has 2 aromatic rings. The molecule has 0 saturated heterocycles. The summed E-state index contributed by atoms with van der Waals surface area (Å²) in [6.45, 7) is 4.43. The maximum absolute atomic E-state index is 4.76. The third-order valence-corrected chi connectivity index (χ3v) is 4.32. The van der Waals surface area contributed by atoms with Crippen molar-refractivity contribution in [1.82, 2.24) is 9.55 Å². The Hall–Kier alpha value is -1.09. The number of thiophene rings is 1. The molecule has 0 saturated carbocycles. The lowest BCUT2D eigenvalue weighted by molar-refractivity contribution is 0.426. The minimum Gasteiger partial charge on any atom is -0.331 e. The molecule has 1 unspecified atom stereocenters. The van der Waals surface area contributed by atoms with Gasteiger partial charge in [0, 0.05) is 23.5 Å². The van der Waals surface area contributed by atoms with Crippen molar-refractivity contribution in [3.8, 4) is 10.6 Å². The highest BCUT2D eigenvalue weighted by atomic mass is 32.1. The SMILES string of the molecule is Cc1ccc(-c2cn3c(n2)CCCC3C)s1. The number of hydrogen-bond donors (Lipinski definition) is 0. The van der Waals surface area contributed by atoms with E-state index in [0.717, 1.165) is 12.1 Å². The van der Waals surface area contributed by atoms with E-state index >= 15 is 0 Å². The fourth-order valence-corrected chi connectivity index (χ4v) is 3.21. The fraction of sp³-hybridized carbons (Fsp3) is 0.462. The number of aromatic nitrogens is 2. The van der Waals surface area contributed by atoms with Crippen LogP contribution in [0.25, 0.3) is 10.6 Å². The standard InChI is InChI=1S/C13H16N2S/c1-9-4-3-5-13-14-11(8-15(9)13)12-7-6-10(2)16-12/h6-9H,3-5H2,1-2H3. The summed E-state index contributed by atoms with van der Waals surface area (Å²) < 4.78 is 2.36. The molecule has 2 aromatic heterocycles. The normalized spacial score (nSPS) is 19.8. The van der Waals surface area contributed by atoms with Gasteiger partial charge in [0.25, 0.3) is 0 Å². The molecule has 3 rings (SSSR count). The molecule has 0 fully saturated rings. The first-order chi connectivity index (χ1) is 7.74. The fourth-order valence-electron chi connectivity index (χ4n) is 2.38. The van der Waals surface area contributed by atoms with E-state index in [1.165, 1.54) is 28.4 Å². The van der Waals surface area contributed by atoms with E-state index in [4.69, 9.17) is 4.98 Å². The number of aryl methyl sites for hydroxylation is 2. The lowest BCUT2D eigenvalue weighted by atomic mass is 10.1. The third-order valence-electron chi connectivity index (χ3n) is 3.30. The first kappa shape index (κ1) is 10.1. The Morgan fingerprint density at radius 2 is 2.31 bits per heavy atom. The average Bonchev–Trinajstić information content (AvgIpc) is 2.84. The molecule has 1 atom stereocenters. The van der Waals surface area contributed by atoms with Crippen LogP contribution in [0.1, 0.15) is 36.5 Å². The summed E-state index contributed by atoms with van der Waals surface area (Å²) >= 11 is 1.83. The van der Waals surface area contributed by atoms with Gasteiger partial charge >= 0.3 is 0 Å². The lowest BCUT2D eigenvalue weighted by Gasteiger charge is -2.20. The van der Waals surface area contributed by atoms with Crippen LogP contribution in [0.5, 0.6) is 0 Å². The van der Waals surface area contributed by atoms with E-state index in [1.807, 2.05) is 11.3 Å². The summed E-state index contributed by atoms with van der Waals surface area (Å²) in [6.07, 6.45) is 5.92. The second-order valence-corrected chi connectivity index (χ2v) is 5.89. The van der Waals surface area contributed by atoms with E-state index in [0.29, 0.717) is 6.04 Å². The maximum Gasteiger partial charge on any atom is 0.109 e. The molecule has 0 radical (unpaired) electrons. The Morgan fingerprint density at radius 1 is 1.44 bits per heavy atom. The zero-order valence-electron chi connectivity index (χ0n) is 9.73. The minimum atomic E-state index is 0.617. The van der Waals surface area contributed by atoms with E-state index < -0.39 is 0 Å². The van der Waals surface area contributed by atoms with Crippen LogP contribution in [0.4, 0.5) is 0 Å². The van der Waals surface area contributed by atoms with Crippen LogP contribution in [0.2, 0.25) is 0 Å². The summed E-state index contributed by atoms with van der Waals surface area (Å²) in [4.78, 5) is 7.41. The topological polar surface area (TPSA) is 17.8 Å². The molecule has 0 bridgehead atoms. The zero-order valence-corrected chi connectivity index (χ0v) is 10.5. The van der Waals surface area contributed by atoms with Crippen molar-refractivity contribution < 1.29 is 0 Å². The number of nitrogens with zero attached hydrogens (tertiary/aromatic N) is 2. The summed E-state index contributed by atoms with van der Waals surface area (Å²) in [5, 5.41) is 0. The number of fused-ring (bicyclic) bond motifs is 1. The molecule has 3 heterocycles. The highest BCUT2D eigenvalue weighted by molar-refractivity contribution is 7.15. The number of imidazole rings is 1. The molecule has 1 aliphatic heterocycles. The molecule has 0 aliphatic carbocycles. The van der Waals surface area contributed by atoms with Crippen molar-refractivity contribution in [2.24, 2.45) is 0 Å². The Labute approximate surface area is 100.0 Å². The van der Waals surface area contributed by atoms with E-state index in [1.54, 1.807) is 0 Å². The third kappa shape index (κ3) is 1.59. The molecular formula is C13H16N2S. The zero-order chi connectivity index (χ0) is 11.1. The highest BCUT2D eigenvalue weighted by Gasteiger charge is 2.18. The van der Waals surface area contributed by atoms with Gasteiger partial charge in [-0.25, -0.2) is 4.98 Å². The van der Waals surface area contributed by atoms with Crippen LogP contribution in [0.15, 0.2) is 18.3 Å². The van der Waals surface area contributed by atoms with Crippen LogP contribution >= 0.6 is 11.3 Å². The van der Waals surface area contributed by atoms with Crippen LogP contribution in [0.3, 0.4) is 0 Å². The molecular weight excluding hydrogens is 216 g/mol. The van der Waals surface area contributed by atoms with Gasteiger partial charge < -0.3 is 4.57 Å². The first-order valence-corrected chi connectivity index (χ1v) is 6.70. The first-order valence-electron chi connectivity index (χ1n) is 5.88. The number of hydrogen-bond acceptors (Lipinski definition) is 2. The van der Waals surface area contributed by atoms with Crippen LogP contribution in [-0.2, 0) is 6.42 Å². The predicted molar refractivity (Wildman–Crippen MR) is 67.9 cm³/mol. The van der Waals surface area contributed by atoms with Crippen molar-refractivity contribution in [2.75, 3.05) is 0 Å². The molecule has 0 aromatic carbocycles. The average molecular weight is 232 g/mol. The van der Waals surface area contributed by atoms with Gasteiger partial charge in [0.1, 0.15) is 5.82 Å². The van der Waals surface area contributed by atoms with Crippen molar-refractivity contribution in [3.05, 3.63) is 29.0 Å². The molecule has 0 amide bonds. The van der Waals surface area contributed by atoms with Gasteiger partial charge in [0.2, 0.25) is 0 Å². The largest absolute Gasteiger partial charge is 0.331 e. The van der Waals surface area contributed by atoms with Crippen molar-refractivity contribution >= 4 is 11.3 Å².